The third kappa shape index (κ3) is 3.33. The van der Waals surface area contributed by atoms with Gasteiger partial charge in [0.1, 0.15) is 10.7 Å². The van der Waals surface area contributed by atoms with E-state index in [1.54, 1.807) is 43.5 Å². The van der Waals surface area contributed by atoms with E-state index in [2.05, 4.69) is 5.32 Å². The molecule has 3 N–H and O–H groups in total. The van der Waals surface area contributed by atoms with E-state index in [9.17, 15) is 0 Å². The van der Waals surface area contributed by atoms with Crippen LogP contribution in [0.5, 0.6) is 5.75 Å². The zero-order valence-corrected chi connectivity index (χ0v) is 12.9. The first-order chi connectivity index (χ1) is 9.51. The number of anilines is 2. The largest absolute Gasteiger partial charge is 0.497 e. The average Bonchev–Trinajstić information content (AvgIpc) is 2.42. The average molecular weight is 327 g/mol. The summed E-state index contributed by atoms with van der Waals surface area (Å²) in [6, 6.07) is 10.6. The molecule has 0 saturated heterocycles. The zero-order valence-electron chi connectivity index (χ0n) is 10.6. The maximum atomic E-state index is 6.16. The van der Waals surface area contributed by atoms with Gasteiger partial charge < -0.3 is 15.8 Å². The van der Waals surface area contributed by atoms with Crippen molar-refractivity contribution in [1.82, 2.24) is 0 Å². The fraction of sp³-hybridized carbons (Fsp3) is 0.0714. The molecule has 0 bridgehead atoms. The Balaban J connectivity index is 2.42. The molecule has 2 aromatic carbocycles. The number of hydrogen-bond acceptors (Lipinski definition) is 3. The second-order valence-electron chi connectivity index (χ2n) is 4.02. The van der Waals surface area contributed by atoms with Gasteiger partial charge in [-0.05, 0) is 30.3 Å². The number of benzene rings is 2. The van der Waals surface area contributed by atoms with Crippen LogP contribution in [-0.2, 0) is 0 Å². The maximum absolute atomic E-state index is 6.16. The van der Waals surface area contributed by atoms with Crippen molar-refractivity contribution in [3.63, 3.8) is 0 Å². The second kappa shape index (κ2) is 6.31. The predicted octanol–water partition coefficient (Wildman–Crippen LogP) is 4.38. The van der Waals surface area contributed by atoms with Gasteiger partial charge in [0, 0.05) is 22.3 Å². The zero-order chi connectivity index (χ0) is 14.7. The minimum Gasteiger partial charge on any atom is -0.497 e. The van der Waals surface area contributed by atoms with Crippen molar-refractivity contribution < 1.29 is 4.74 Å². The van der Waals surface area contributed by atoms with Crippen LogP contribution in [0, 0.1) is 0 Å². The molecule has 0 amide bonds. The summed E-state index contributed by atoms with van der Waals surface area (Å²) in [5.74, 6) is 0.697. The molecule has 0 aliphatic rings. The van der Waals surface area contributed by atoms with Crippen molar-refractivity contribution >= 4 is 51.8 Å². The van der Waals surface area contributed by atoms with Crippen LogP contribution in [0.3, 0.4) is 0 Å². The number of rotatable bonds is 4. The van der Waals surface area contributed by atoms with E-state index in [0.717, 1.165) is 5.69 Å². The highest BCUT2D eigenvalue weighted by Crippen LogP contribution is 2.31. The van der Waals surface area contributed by atoms with Crippen LogP contribution in [0.1, 0.15) is 5.56 Å². The lowest BCUT2D eigenvalue weighted by Gasteiger charge is -2.13. The van der Waals surface area contributed by atoms with Gasteiger partial charge in [0.25, 0.3) is 0 Å². The Morgan fingerprint density at radius 3 is 2.55 bits per heavy atom. The Morgan fingerprint density at radius 1 is 1.15 bits per heavy atom. The fourth-order valence-corrected chi connectivity index (χ4v) is 2.21. The number of nitrogens with two attached hydrogens (primary N) is 1. The van der Waals surface area contributed by atoms with Crippen LogP contribution in [0.25, 0.3) is 0 Å². The van der Waals surface area contributed by atoms with Crippen LogP contribution >= 0.6 is 35.4 Å². The molecule has 0 atom stereocenters. The summed E-state index contributed by atoms with van der Waals surface area (Å²) in [5.41, 5.74) is 7.80. The van der Waals surface area contributed by atoms with Crippen molar-refractivity contribution in [3.05, 3.63) is 52.0 Å². The molecule has 0 fully saturated rings. The van der Waals surface area contributed by atoms with Crippen molar-refractivity contribution in [2.45, 2.75) is 0 Å². The van der Waals surface area contributed by atoms with Gasteiger partial charge in [-0.2, -0.15) is 0 Å². The topological polar surface area (TPSA) is 47.3 Å². The Labute approximate surface area is 132 Å². The standard InChI is InChI=1S/C14H12Cl2N2OS/c1-19-9-3-4-11(16)13(7-9)18-12-5-2-8(15)6-10(12)14(17)20/h2-7,18H,1H3,(H2,17,20). The van der Waals surface area contributed by atoms with E-state index in [-0.39, 0.29) is 4.99 Å². The molecular weight excluding hydrogens is 315 g/mol. The molecule has 2 rings (SSSR count). The van der Waals surface area contributed by atoms with E-state index in [1.807, 2.05) is 0 Å². The Bertz CT molecular complexity index is 662. The van der Waals surface area contributed by atoms with Gasteiger partial charge in [-0.15, -0.1) is 0 Å². The summed E-state index contributed by atoms with van der Waals surface area (Å²) in [4.78, 5) is 0.258. The number of methoxy groups -OCH3 is 1. The van der Waals surface area contributed by atoms with Crippen molar-refractivity contribution in [2.75, 3.05) is 12.4 Å². The number of ether oxygens (including phenoxy) is 1. The second-order valence-corrected chi connectivity index (χ2v) is 5.31. The first-order valence-corrected chi connectivity index (χ1v) is 6.87. The van der Waals surface area contributed by atoms with Crippen molar-refractivity contribution in [3.8, 4) is 5.75 Å². The lowest BCUT2D eigenvalue weighted by Crippen LogP contribution is -2.12. The van der Waals surface area contributed by atoms with Gasteiger partial charge in [-0.25, -0.2) is 0 Å². The highest BCUT2D eigenvalue weighted by Gasteiger charge is 2.09. The summed E-state index contributed by atoms with van der Waals surface area (Å²) < 4.78 is 5.17. The lowest BCUT2D eigenvalue weighted by atomic mass is 10.1. The SMILES string of the molecule is COc1ccc(Cl)c(Nc2ccc(Cl)cc2C(N)=S)c1. The van der Waals surface area contributed by atoms with Gasteiger partial charge in [0.15, 0.2) is 0 Å². The fourth-order valence-electron chi connectivity index (χ4n) is 1.70. The highest BCUT2D eigenvalue weighted by molar-refractivity contribution is 7.80. The van der Waals surface area contributed by atoms with Crippen LogP contribution in [0.2, 0.25) is 10.0 Å². The van der Waals surface area contributed by atoms with Crippen LogP contribution in [-0.4, -0.2) is 12.1 Å². The van der Waals surface area contributed by atoms with E-state index >= 15 is 0 Å². The normalized spacial score (nSPS) is 10.2. The van der Waals surface area contributed by atoms with Crippen molar-refractivity contribution in [2.24, 2.45) is 5.73 Å². The van der Waals surface area contributed by atoms with Gasteiger partial charge in [0.2, 0.25) is 0 Å². The monoisotopic (exact) mass is 326 g/mol. The van der Waals surface area contributed by atoms with Crippen LogP contribution in [0.15, 0.2) is 36.4 Å². The molecular formula is C14H12Cl2N2OS. The molecule has 20 heavy (non-hydrogen) atoms. The number of nitrogens with one attached hydrogen (secondary N) is 1. The van der Waals surface area contributed by atoms with E-state index in [4.69, 9.17) is 45.9 Å². The minimum absolute atomic E-state index is 0.258. The summed E-state index contributed by atoms with van der Waals surface area (Å²) >= 11 is 17.1. The Hall–Kier alpha value is -1.49. The summed E-state index contributed by atoms with van der Waals surface area (Å²) in [6.45, 7) is 0. The van der Waals surface area contributed by atoms with Crippen LogP contribution < -0.4 is 15.8 Å². The van der Waals surface area contributed by atoms with Gasteiger partial charge >= 0.3 is 0 Å². The minimum atomic E-state index is 0.258. The third-order valence-electron chi connectivity index (χ3n) is 2.69. The highest BCUT2D eigenvalue weighted by atomic mass is 35.5. The molecule has 0 heterocycles. The van der Waals surface area contributed by atoms with E-state index < -0.39 is 0 Å². The summed E-state index contributed by atoms with van der Waals surface area (Å²) in [7, 11) is 1.59. The molecule has 0 aliphatic heterocycles. The third-order valence-corrected chi connectivity index (χ3v) is 3.47. The van der Waals surface area contributed by atoms with Crippen LogP contribution in [0.4, 0.5) is 11.4 Å². The summed E-state index contributed by atoms with van der Waals surface area (Å²) in [6.07, 6.45) is 0. The smallest absolute Gasteiger partial charge is 0.121 e. The molecule has 0 unspecified atom stereocenters. The van der Waals surface area contributed by atoms with E-state index in [1.165, 1.54) is 0 Å². The molecule has 0 radical (unpaired) electrons. The molecule has 0 aromatic heterocycles. The molecule has 3 nitrogen and oxygen atoms in total. The van der Waals surface area contributed by atoms with Gasteiger partial charge in [-0.3, -0.25) is 0 Å². The quantitative estimate of drug-likeness (QED) is 0.818. The summed E-state index contributed by atoms with van der Waals surface area (Å²) in [5, 5.41) is 4.32. The lowest BCUT2D eigenvalue weighted by molar-refractivity contribution is 0.415. The molecule has 0 aliphatic carbocycles. The van der Waals surface area contributed by atoms with Gasteiger partial charge in [0.05, 0.1) is 17.8 Å². The number of halogens is 2. The first kappa shape index (κ1) is 14.9. The Morgan fingerprint density at radius 2 is 1.90 bits per heavy atom. The van der Waals surface area contributed by atoms with Crippen molar-refractivity contribution in [1.29, 1.82) is 0 Å². The first-order valence-electron chi connectivity index (χ1n) is 5.71. The van der Waals surface area contributed by atoms with Gasteiger partial charge in [-0.1, -0.05) is 35.4 Å². The predicted molar refractivity (Wildman–Crippen MR) is 88.6 cm³/mol. The molecule has 0 saturated carbocycles. The molecule has 2 aromatic rings. The molecule has 0 spiro atoms. The molecule has 6 heteroatoms. The number of hydrogen-bond donors (Lipinski definition) is 2. The maximum Gasteiger partial charge on any atom is 0.121 e. The Kier molecular flexibility index (Phi) is 4.70. The molecule has 104 valence electrons. The number of thiocarbonyl (C=S) groups is 1. The van der Waals surface area contributed by atoms with E-state index in [0.29, 0.717) is 27.0 Å².